The largest absolute Gasteiger partial charge is 0.330 e. The highest BCUT2D eigenvalue weighted by molar-refractivity contribution is 5.93. The fourth-order valence-corrected chi connectivity index (χ4v) is 3.22. The van der Waals surface area contributed by atoms with Crippen molar-refractivity contribution in [2.45, 2.75) is 38.3 Å². The Bertz CT molecular complexity index is 684. The number of fused-ring (bicyclic) bond motifs is 1. The van der Waals surface area contributed by atoms with Crippen LogP contribution in [0.15, 0.2) is 48.5 Å². The van der Waals surface area contributed by atoms with E-state index in [-0.39, 0.29) is 17.8 Å². The van der Waals surface area contributed by atoms with Crippen molar-refractivity contribution in [3.63, 3.8) is 0 Å². The molecule has 0 spiro atoms. The van der Waals surface area contributed by atoms with Crippen LogP contribution in [0, 0.1) is 5.82 Å². The number of halogens is 1. The summed E-state index contributed by atoms with van der Waals surface area (Å²) in [6, 6.07) is 14.5. The number of hydrogen-bond donors (Lipinski definition) is 2. The van der Waals surface area contributed by atoms with Crippen LogP contribution in [-0.4, -0.2) is 11.9 Å². The van der Waals surface area contributed by atoms with Gasteiger partial charge in [-0.3, -0.25) is 4.79 Å². The molecule has 0 bridgehead atoms. The molecular weight excluding hydrogens is 291 g/mol. The van der Waals surface area contributed by atoms with Crippen LogP contribution in [0.3, 0.4) is 0 Å². The predicted molar refractivity (Wildman–Crippen MR) is 88.5 cm³/mol. The Morgan fingerprint density at radius 3 is 2.74 bits per heavy atom. The summed E-state index contributed by atoms with van der Waals surface area (Å²) in [5.41, 5.74) is 3.37. The number of amides is 1. The first-order valence-corrected chi connectivity index (χ1v) is 8.12. The third kappa shape index (κ3) is 3.77. The average Bonchev–Trinajstić information content (AvgIpc) is 2.57. The maximum absolute atomic E-state index is 12.9. The molecule has 0 heterocycles. The lowest BCUT2D eigenvalue weighted by atomic mass is 9.87. The number of aryl methyl sites for hydroxylation is 1. The van der Waals surface area contributed by atoms with Crippen LogP contribution in [0.5, 0.6) is 0 Å². The number of quaternary nitrogens is 1. The second kappa shape index (κ2) is 6.92. The van der Waals surface area contributed by atoms with Crippen LogP contribution in [0.25, 0.3) is 0 Å². The molecule has 2 aromatic rings. The van der Waals surface area contributed by atoms with Gasteiger partial charge in [-0.05, 0) is 49.6 Å². The van der Waals surface area contributed by atoms with Crippen molar-refractivity contribution in [2.24, 2.45) is 0 Å². The summed E-state index contributed by atoms with van der Waals surface area (Å²) in [5.74, 6) is -0.360. The predicted octanol–water partition coefficient (Wildman–Crippen LogP) is 2.79. The third-order valence-corrected chi connectivity index (χ3v) is 4.46. The molecule has 2 atom stereocenters. The van der Waals surface area contributed by atoms with E-state index in [4.69, 9.17) is 0 Å². The van der Waals surface area contributed by atoms with Gasteiger partial charge in [0.2, 0.25) is 0 Å². The topological polar surface area (TPSA) is 45.7 Å². The summed E-state index contributed by atoms with van der Waals surface area (Å²) >= 11 is 0. The van der Waals surface area contributed by atoms with Crippen molar-refractivity contribution >= 4 is 11.6 Å². The number of anilines is 1. The Hall–Kier alpha value is -2.20. The zero-order chi connectivity index (χ0) is 16.2. The number of carbonyl (C=O) groups excluding carboxylic acids is 1. The van der Waals surface area contributed by atoms with Gasteiger partial charge in [-0.25, -0.2) is 4.39 Å². The van der Waals surface area contributed by atoms with Gasteiger partial charge in [0.15, 0.2) is 6.04 Å². The Kier molecular flexibility index (Phi) is 4.72. The van der Waals surface area contributed by atoms with Gasteiger partial charge in [0.25, 0.3) is 5.91 Å². The standard InChI is InChI=1S/C19H21FN2O/c1-13(19(23)22-16-11-9-15(20)10-12-16)21-18-8-4-6-14-5-2-3-7-17(14)18/h2-3,5,7,9-13,18,21H,4,6,8H2,1H3,(H,22,23)/p+1/t13-,18+/m1/s1. The Balaban J connectivity index is 1.64. The summed E-state index contributed by atoms with van der Waals surface area (Å²) in [5, 5.41) is 4.98. The number of nitrogens with one attached hydrogen (secondary N) is 1. The molecule has 3 nitrogen and oxygen atoms in total. The molecule has 0 fully saturated rings. The molecule has 3 rings (SSSR count). The second-order valence-electron chi connectivity index (χ2n) is 6.17. The van der Waals surface area contributed by atoms with Crippen LogP contribution in [0.2, 0.25) is 0 Å². The van der Waals surface area contributed by atoms with Gasteiger partial charge in [-0.1, -0.05) is 24.3 Å². The number of rotatable bonds is 4. The van der Waals surface area contributed by atoms with E-state index in [0.29, 0.717) is 11.7 Å². The zero-order valence-electron chi connectivity index (χ0n) is 13.3. The maximum Gasteiger partial charge on any atom is 0.282 e. The lowest BCUT2D eigenvalue weighted by Crippen LogP contribution is -2.92. The highest BCUT2D eigenvalue weighted by atomic mass is 19.1. The molecule has 0 aliphatic heterocycles. The monoisotopic (exact) mass is 313 g/mol. The van der Waals surface area contributed by atoms with E-state index in [9.17, 15) is 9.18 Å². The molecule has 4 heteroatoms. The van der Waals surface area contributed by atoms with Gasteiger partial charge in [0.1, 0.15) is 11.9 Å². The van der Waals surface area contributed by atoms with E-state index < -0.39 is 0 Å². The van der Waals surface area contributed by atoms with Gasteiger partial charge in [-0.2, -0.15) is 0 Å². The van der Waals surface area contributed by atoms with E-state index in [2.05, 4.69) is 34.9 Å². The van der Waals surface area contributed by atoms with E-state index in [1.807, 2.05) is 6.92 Å². The Morgan fingerprint density at radius 2 is 1.96 bits per heavy atom. The molecule has 23 heavy (non-hydrogen) atoms. The fourth-order valence-electron chi connectivity index (χ4n) is 3.22. The molecule has 120 valence electrons. The Labute approximate surface area is 135 Å². The normalized spacial score (nSPS) is 18.1. The summed E-state index contributed by atoms with van der Waals surface area (Å²) in [4.78, 5) is 12.3. The molecular formula is C19H22FN2O+. The lowest BCUT2D eigenvalue weighted by Gasteiger charge is -2.26. The van der Waals surface area contributed by atoms with Crippen molar-refractivity contribution in [3.05, 3.63) is 65.5 Å². The first-order valence-electron chi connectivity index (χ1n) is 8.12. The van der Waals surface area contributed by atoms with Gasteiger partial charge in [-0.15, -0.1) is 0 Å². The molecule has 1 amide bonds. The van der Waals surface area contributed by atoms with Crippen LogP contribution >= 0.6 is 0 Å². The summed E-state index contributed by atoms with van der Waals surface area (Å²) in [7, 11) is 0. The molecule has 0 aromatic heterocycles. The SMILES string of the molecule is C[C@@H]([NH2+][C@H]1CCCc2ccccc21)C(=O)Nc1ccc(F)cc1. The number of benzene rings is 2. The van der Waals surface area contributed by atoms with Crippen molar-refractivity contribution in [3.8, 4) is 0 Å². The third-order valence-electron chi connectivity index (χ3n) is 4.46. The average molecular weight is 313 g/mol. The smallest absolute Gasteiger partial charge is 0.282 e. The fraction of sp³-hybridized carbons (Fsp3) is 0.316. The minimum Gasteiger partial charge on any atom is -0.330 e. The number of nitrogens with two attached hydrogens (primary N) is 1. The van der Waals surface area contributed by atoms with Gasteiger partial charge in [0.05, 0.1) is 0 Å². The first kappa shape index (κ1) is 15.7. The number of hydrogen-bond acceptors (Lipinski definition) is 1. The quantitative estimate of drug-likeness (QED) is 0.896. The first-order chi connectivity index (χ1) is 11.1. The van der Waals surface area contributed by atoms with E-state index >= 15 is 0 Å². The van der Waals surface area contributed by atoms with Crippen LogP contribution in [-0.2, 0) is 11.2 Å². The summed E-state index contributed by atoms with van der Waals surface area (Å²) in [6.45, 7) is 1.91. The Morgan fingerprint density at radius 1 is 1.22 bits per heavy atom. The van der Waals surface area contributed by atoms with Crippen molar-refractivity contribution in [2.75, 3.05) is 5.32 Å². The van der Waals surface area contributed by atoms with Gasteiger partial charge >= 0.3 is 0 Å². The van der Waals surface area contributed by atoms with Crippen molar-refractivity contribution < 1.29 is 14.5 Å². The minimum absolute atomic E-state index is 0.0559. The van der Waals surface area contributed by atoms with E-state index in [0.717, 1.165) is 19.3 Å². The minimum atomic E-state index is -0.304. The van der Waals surface area contributed by atoms with Crippen molar-refractivity contribution in [1.82, 2.24) is 0 Å². The molecule has 2 aromatic carbocycles. The van der Waals surface area contributed by atoms with Gasteiger partial charge in [0, 0.05) is 17.7 Å². The second-order valence-corrected chi connectivity index (χ2v) is 6.17. The summed E-state index contributed by atoms with van der Waals surface area (Å²) < 4.78 is 12.9. The van der Waals surface area contributed by atoms with Crippen LogP contribution in [0.1, 0.15) is 36.9 Å². The summed E-state index contributed by atoms with van der Waals surface area (Å²) in [6.07, 6.45) is 3.37. The molecule has 0 unspecified atom stereocenters. The van der Waals surface area contributed by atoms with Crippen LogP contribution in [0.4, 0.5) is 10.1 Å². The molecule has 1 aliphatic rings. The zero-order valence-corrected chi connectivity index (χ0v) is 13.3. The molecule has 1 aliphatic carbocycles. The maximum atomic E-state index is 12.9. The van der Waals surface area contributed by atoms with Crippen molar-refractivity contribution in [1.29, 1.82) is 0 Å². The molecule has 0 saturated heterocycles. The highest BCUT2D eigenvalue weighted by Crippen LogP contribution is 2.26. The molecule has 3 N–H and O–H groups in total. The van der Waals surface area contributed by atoms with Gasteiger partial charge < -0.3 is 10.6 Å². The lowest BCUT2D eigenvalue weighted by molar-refractivity contribution is -0.714. The van der Waals surface area contributed by atoms with Crippen LogP contribution < -0.4 is 10.6 Å². The number of carbonyl (C=O) groups is 1. The molecule has 0 saturated carbocycles. The van der Waals surface area contributed by atoms with E-state index in [1.54, 1.807) is 12.1 Å². The highest BCUT2D eigenvalue weighted by Gasteiger charge is 2.27. The molecule has 0 radical (unpaired) electrons. The van der Waals surface area contributed by atoms with E-state index in [1.165, 1.54) is 23.3 Å².